The molecule has 6 heteroatoms. The molecule has 0 aliphatic rings. The van der Waals surface area contributed by atoms with E-state index in [-0.39, 0.29) is 32.2 Å². The van der Waals surface area contributed by atoms with Crippen molar-refractivity contribution in [2.45, 2.75) is 26.4 Å². The number of nitro groups is 1. The maximum absolute atomic E-state index is 11.1. The first-order valence-electron chi connectivity index (χ1n) is 7.21. The van der Waals surface area contributed by atoms with Crippen molar-refractivity contribution in [2.75, 3.05) is 0 Å². The Hall–Kier alpha value is -1.28. The van der Waals surface area contributed by atoms with Gasteiger partial charge in [-0.05, 0) is 46.1 Å². The largest absolute Gasteiger partial charge is 0.481 e. The average molecular weight is 490 g/mol. The second-order valence-corrected chi connectivity index (χ2v) is 8.42. The van der Waals surface area contributed by atoms with E-state index < -0.39 is 4.92 Å². The molecular weight excluding hydrogens is 473 g/mol. The van der Waals surface area contributed by atoms with Gasteiger partial charge in [0.1, 0.15) is 6.61 Å². The number of rotatable bonds is 7. The van der Waals surface area contributed by atoms with E-state index in [9.17, 15) is 10.1 Å². The summed E-state index contributed by atoms with van der Waals surface area (Å²) in [5.41, 5.74) is 0.967. The van der Waals surface area contributed by atoms with Gasteiger partial charge in [-0.2, -0.15) is 0 Å². The molecule has 0 aliphatic carbocycles. The van der Waals surface area contributed by atoms with Crippen molar-refractivity contribution in [3.63, 3.8) is 0 Å². The van der Waals surface area contributed by atoms with Gasteiger partial charge in [-0.15, -0.1) is 0 Å². The van der Waals surface area contributed by atoms with Crippen LogP contribution in [-0.2, 0) is 6.61 Å². The summed E-state index contributed by atoms with van der Waals surface area (Å²) in [4.78, 5) is 10.6. The normalized spacial score (nSPS) is 11.2. The summed E-state index contributed by atoms with van der Waals surface area (Å²) in [6.45, 7) is 2.49. The summed E-state index contributed by atoms with van der Waals surface area (Å²) in [5.74, 6) is 0.269. The van der Waals surface area contributed by atoms with Crippen molar-refractivity contribution in [2.24, 2.45) is 0 Å². The number of benzene rings is 2. The first-order chi connectivity index (χ1) is 11.1. The molecule has 0 atom stereocenters. The number of nitro benzene ring substituents is 1. The van der Waals surface area contributed by atoms with Crippen LogP contribution < -0.4 is 4.74 Å². The van der Waals surface area contributed by atoms with Crippen LogP contribution >= 0.6 is 36.7 Å². The molecule has 0 saturated carbocycles. The smallest absolute Gasteiger partial charge is 0.312 e. The van der Waals surface area contributed by atoms with Crippen LogP contribution in [0.2, 0.25) is 0 Å². The fourth-order valence-corrected chi connectivity index (χ4v) is 4.53. The molecular formula is C17H17BrINO3. The Bertz CT molecular complexity index is 701. The van der Waals surface area contributed by atoms with Crippen molar-refractivity contribution >= 4 is 46.4 Å². The number of hydrogen-bond acceptors (Lipinski definition) is 3. The van der Waals surface area contributed by atoms with E-state index in [2.05, 4.69) is 39.0 Å². The van der Waals surface area contributed by atoms with Gasteiger partial charge >= 0.3 is 5.69 Å². The Morgan fingerprint density at radius 1 is 1.26 bits per heavy atom. The van der Waals surface area contributed by atoms with Gasteiger partial charge < -0.3 is 4.74 Å². The lowest BCUT2D eigenvalue weighted by molar-refractivity contribution is -0.386. The Kier molecular flexibility index (Phi) is 7.16. The summed E-state index contributed by atoms with van der Waals surface area (Å²) >= 11 is 3.28. The van der Waals surface area contributed by atoms with Crippen molar-refractivity contribution in [1.82, 2.24) is 0 Å². The molecule has 2 aromatic carbocycles. The lowest BCUT2D eigenvalue weighted by Crippen LogP contribution is -2.00. The lowest BCUT2D eigenvalue weighted by Gasteiger charge is -2.08. The van der Waals surface area contributed by atoms with Crippen LogP contribution in [-0.4, -0.2) is 8.94 Å². The van der Waals surface area contributed by atoms with Gasteiger partial charge in [0.25, 0.3) is 0 Å². The molecule has 0 heterocycles. The molecule has 0 aliphatic heterocycles. The van der Waals surface area contributed by atoms with Gasteiger partial charge in [0, 0.05) is 9.64 Å². The molecule has 0 amide bonds. The summed E-state index contributed by atoms with van der Waals surface area (Å²) in [6, 6.07) is 13.1. The number of halogens is 2. The van der Waals surface area contributed by atoms with Crippen LogP contribution in [0, 0.1) is 13.7 Å². The molecule has 0 radical (unpaired) electrons. The highest BCUT2D eigenvalue weighted by atomic mass is 127. The summed E-state index contributed by atoms with van der Waals surface area (Å²) < 4.78 is 10.0. The Morgan fingerprint density at radius 2 is 2.00 bits per heavy atom. The lowest BCUT2D eigenvalue weighted by atomic mass is 10.2. The SMILES string of the molecule is CCCC=Ic1ccc(COc2c(Br)cccc2[N+](=O)[O-])cc1. The standard InChI is InChI=1S/C17H17BrINO3/c1-2-3-11-19-14-9-7-13(8-10-14)12-23-17-15(18)5-4-6-16(17)20(21)22/h4-11H,2-3,12H2,1H3. The fourth-order valence-electron chi connectivity index (χ4n) is 1.85. The number of ether oxygens (including phenoxy) is 1. The van der Waals surface area contributed by atoms with E-state index in [1.165, 1.54) is 22.5 Å². The van der Waals surface area contributed by atoms with E-state index in [1.807, 2.05) is 12.1 Å². The monoisotopic (exact) mass is 489 g/mol. The molecule has 2 rings (SSSR count). The summed E-state index contributed by atoms with van der Waals surface area (Å²) in [7, 11) is 0. The molecule has 0 bridgehead atoms. The van der Waals surface area contributed by atoms with Crippen molar-refractivity contribution in [1.29, 1.82) is 0 Å². The minimum absolute atomic E-state index is 0.0288. The van der Waals surface area contributed by atoms with Gasteiger partial charge in [-0.25, -0.2) is 0 Å². The summed E-state index contributed by atoms with van der Waals surface area (Å²) in [6.07, 6.45) is 2.36. The van der Waals surface area contributed by atoms with E-state index in [1.54, 1.807) is 12.1 Å². The Morgan fingerprint density at radius 3 is 2.65 bits per heavy atom. The Labute approximate surface area is 153 Å². The molecule has 0 N–H and O–H groups in total. The van der Waals surface area contributed by atoms with Crippen LogP contribution in [0.4, 0.5) is 5.69 Å². The van der Waals surface area contributed by atoms with E-state index in [0.29, 0.717) is 11.1 Å². The molecule has 122 valence electrons. The number of unbranched alkanes of at least 4 members (excludes halogenated alkanes) is 1. The van der Waals surface area contributed by atoms with Crippen molar-refractivity contribution < 1.29 is 9.66 Å². The maximum Gasteiger partial charge on any atom is 0.312 e. The highest BCUT2D eigenvalue weighted by Gasteiger charge is 2.17. The van der Waals surface area contributed by atoms with Crippen molar-refractivity contribution in [3.8, 4) is 5.75 Å². The van der Waals surface area contributed by atoms with Gasteiger partial charge in [0.05, 0.1) is 9.40 Å². The van der Waals surface area contributed by atoms with E-state index >= 15 is 0 Å². The molecule has 0 unspecified atom stereocenters. The number of para-hydroxylation sites is 1. The van der Waals surface area contributed by atoms with Gasteiger partial charge in [0.15, 0.2) is 0 Å². The minimum Gasteiger partial charge on any atom is -0.481 e. The molecule has 0 saturated heterocycles. The first-order valence-corrected chi connectivity index (χ1v) is 10.3. The first kappa shape index (κ1) is 18.1. The third-order valence-corrected chi connectivity index (χ3v) is 6.17. The van der Waals surface area contributed by atoms with Gasteiger partial charge in [-0.3, -0.25) is 10.1 Å². The molecule has 23 heavy (non-hydrogen) atoms. The molecule has 0 spiro atoms. The van der Waals surface area contributed by atoms with Crippen LogP contribution in [0.25, 0.3) is 0 Å². The van der Waals surface area contributed by atoms with Crippen LogP contribution in [0.15, 0.2) is 46.9 Å². The van der Waals surface area contributed by atoms with Gasteiger partial charge in [0.2, 0.25) is 5.75 Å². The number of nitrogens with zero attached hydrogens (tertiary/aromatic N) is 1. The second kappa shape index (κ2) is 9.12. The van der Waals surface area contributed by atoms with E-state index in [0.717, 1.165) is 5.56 Å². The molecule has 2 aromatic rings. The van der Waals surface area contributed by atoms with Crippen LogP contribution in [0.3, 0.4) is 0 Å². The zero-order chi connectivity index (χ0) is 16.7. The highest BCUT2D eigenvalue weighted by molar-refractivity contribution is 14.2. The van der Waals surface area contributed by atoms with Gasteiger partial charge in [-0.1, -0.05) is 56.3 Å². The highest BCUT2D eigenvalue weighted by Crippen LogP contribution is 2.35. The van der Waals surface area contributed by atoms with Crippen molar-refractivity contribution in [3.05, 3.63) is 66.2 Å². The number of hydrogen-bond donors (Lipinski definition) is 0. The van der Waals surface area contributed by atoms with E-state index in [4.69, 9.17) is 4.74 Å². The third kappa shape index (κ3) is 5.39. The topological polar surface area (TPSA) is 52.4 Å². The second-order valence-electron chi connectivity index (χ2n) is 4.81. The molecule has 4 nitrogen and oxygen atoms in total. The molecule has 0 aromatic heterocycles. The zero-order valence-electron chi connectivity index (χ0n) is 12.7. The molecule has 0 fully saturated rings. The predicted molar refractivity (Wildman–Crippen MR) is 105 cm³/mol. The zero-order valence-corrected chi connectivity index (χ0v) is 16.4. The minimum atomic E-state index is -0.433. The quantitative estimate of drug-likeness (QED) is 0.285. The predicted octanol–water partition coefficient (Wildman–Crippen LogP) is 5.68. The Balaban J connectivity index is 2.06. The third-order valence-electron chi connectivity index (χ3n) is 3.04. The maximum atomic E-state index is 11.1. The fraction of sp³-hybridized carbons (Fsp3) is 0.235. The average Bonchev–Trinajstić information content (AvgIpc) is 2.55. The summed E-state index contributed by atoms with van der Waals surface area (Å²) in [5, 5.41) is 11.1. The van der Waals surface area contributed by atoms with Crippen LogP contribution in [0.1, 0.15) is 25.3 Å². The van der Waals surface area contributed by atoms with Crippen LogP contribution in [0.5, 0.6) is 5.75 Å².